The monoisotopic (exact) mass is 314 g/mol. The van der Waals surface area contributed by atoms with Crippen LogP contribution in [0.15, 0.2) is 84.9 Å². The molecule has 0 saturated carbocycles. The third-order valence-electron chi connectivity index (χ3n) is 4.72. The van der Waals surface area contributed by atoms with Gasteiger partial charge in [-0.1, -0.05) is 66.2 Å². The van der Waals surface area contributed by atoms with Crippen molar-refractivity contribution in [2.24, 2.45) is 0 Å². The SMILES string of the molecule is Cc1ccc(C2N(c3ccccc3)CCN2c2ccccc2)cc1. The van der Waals surface area contributed by atoms with E-state index in [1.807, 2.05) is 0 Å². The van der Waals surface area contributed by atoms with E-state index in [4.69, 9.17) is 0 Å². The summed E-state index contributed by atoms with van der Waals surface area (Å²) in [5.74, 6) is 0. The number of hydrogen-bond acceptors (Lipinski definition) is 2. The van der Waals surface area contributed by atoms with E-state index in [1.165, 1.54) is 22.5 Å². The molecule has 0 bridgehead atoms. The van der Waals surface area contributed by atoms with Crippen molar-refractivity contribution in [3.8, 4) is 0 Å². The molecule has 3 aromatic carbocycles. The lowest BCUT2D eigenvalue weighted by molar-refractivity contribution is 0.717. The van der Waals surface area contributed by atoms with Gasteiger partial charge >= 0.3 is 0 Å². The zero-order valence-electron chi connectivity index (χ0n) is 14.0. The van der Waals surface area contributed by atoms with Crippen LogP contribution in [0.4, 0.5) is 11.4 Å². The minimum Gasteiger partial charge on any atom is -0.346 e. The molecule has 24 heavy (non-hydrogen) atoms. The summed E-state index contributed by atoms with van der Waals surface area (Å²) >= 11 is 0. The molecule has 0 amide bonds. The second-order valence-corrected chi connectivity index (χ2v) is 6.34. The molecule has 0 unspecified atom stereocenters. The molecule has 0 aliphatic carbocycles. The predicted octanol–water partition coefficient (Wildman–Crippen LogP) is 5.02. The van der Waals surface area contributed by atoms with Crippen LogP contribution in [-0.2, 0) is 0 Å². The number of para-hydroxylation sites is 2. The normalized spacial score (nSPS) is 15.0. The van der Waals surface area contributed by atoms with Crippen LogP contribution in [0.3, 0.4) is 0 Å². The van der Waals surface area contributed by atoms with Crippen LogP contribution in [-0.4, -0.2) is 13.1 Å². The van der Waals surface area contributed by atoms with E-state index in [0.29, 0.717) is 0 Å². The zero-order chi connectivity index (χ0) is 16.4. The Bertz CT molecular complexity index is 734. The summed E-state index contributed by atoms with van der Waals surface area (Å²) in [6.45, 7) is 4.19. The van der Waals surface area contributed by atoms with Crippen LogP contribution in [0.1, 0.15) is 17.3 Å². The highest BCUT2D eigenvalue weighted by molar-refractivity contribution is 5.58. The molecule has 1 fully saturated rings. The van der Waals surface area contributed by atoms with Crippen molar-refractivity contribution in [1.29, 1.82) is 0 Å². The maximum absolute atomic E-state index is 2.50. The number of rotatable bonds is 3. The Morgan fingerprint density at radius 3 is 1.54 bits per heavy atom. The molecule has 120 valence electrons. The Hall–Kier alpha value is -2.74. The first-order valence-corrected chi connectivity index (χ1v) is 8.53. The predicted molar refractivity (Wildman–Crippen MR) is 101 cm³/mol. The van der Waals surface area contributed by atoms with Crippen molar-refractivity contribution in [3.63, 3.8) is 0 Å². The molecule has 0 atom stereocenters. The topological polar surface area (TPSA) is 6.48 Å². The summed E-state index contributed by atoms with van der Waals surface area (Å²) in [4.78, 5) is 5.00. The molecule has 0 N–H and O–H groups in total. The molecule has 1 heterocycles. The molecule has 2 nitrogen and oxygen atoms in total. The summed E-state index contributed by atoms with van der Waals surface area (Å²) < 4.78 is 0. The van der Waals surface area contributed by atoms with E-state index in [9.17, 15) is 0 Å². The highest BCUT2D eigenvalue weighted by atomic mass is 15.4. The van der Waals surface area contributed by atoms with Gasteiger partial charge in [0.2, 0.25) is 0 Å². The lowest BCUT2D eigenvalue weighted by atomic mass is 10.1. The van der Waals surface area contributed by atoms with Gasteiger partial charge in [-0.2, -0.15) is 0 Å². The van der Waals surface area contributed by atoms with Crippen molar-refractivity contribution in [2.75, 3.05) is 22.9 Å². The fourth-order valence-corrected chi connectivity index (χ4v) is 3.51. The van der Waals surface area contributed by atoms with E-state index in [0.717, 1.165) is 13.1 Å². The lowest BCUT2D eigenvalue weighted by Crippen LogP contribution is -2.30. The molecule has 0 spiro atoms. The summed E-state index contributed by atoms with van der Waals surface area (Å²) in [5, 5.41) is 0. The molecule has 3 aromatic rings. The summed E-state index contributed by atoms with van der Waals surface area (Å²) in [7, 11) is 0. The van der Waals surface area contributed by atoms with Crippen LogP contribution in [0.5, 0.6) is 0 Å². The molecule has 2 heteroatoms. The Kier molecular flexibility index (Phi) is 3.96. The summed E-state index contributed by atoms with van der Waals surface area (Å²) in [6, 6.07) is 30.4. The number of hydrogen-bond donors (Lipinski definition) is 0. The second kappa shape index (κ2) is 6.40. The molecule has 1 aliphatic heterocycles. The van der Waals surface area contributed by atoms with E-state index >= 15 is 0 Å². The van der Waals surface area contributed by atoms with Gasteiger partial charge < -0.3 is 9.80 Å². The van der Waals surface area contributed by atoms with E-state index in [-0.39, 0.29) is 6.17 Å². The Morgan fingerprint density at radius 1 is 0.625 bits per heavy atom. The number of anilines is 2. The Morgan fingerprint density at radius 2 is 1.08 bits per heavy atom. The average Bonchev–Trinajstić information content (AvgIpc) is 3.09. The Balaban J connectivity index is 1.77. The van der Waals surface area contributed by atoms with E-state index in [1.54, 1.807) is 0 Å². The zero-order valence-corrected chi connectivity index (χ0v) is 14.0. The third kappa shape index (κ3) is 2.76. The smallest absolute Gasteiger partial charge is 0.128 e. The highest BCUT2D eigenvalue weighted by Crippen LogP contribution is 2.37. The van der Waals surface area contributed by atoms with Crippen LogP contribution < -0.4 is 9.80 Å². The molecule has 0 aromatic heterocycles. The van der Waals surface area contributed by atoms with Gasteiger partial charge in [0.05, 0.1) is 0 Å². The van der Waals surface area contributed by atoms with Crippen molar-refractivity contribution < 1.29 is 0 Å². The number of nitrogens with zero attached hydrogens (tertiary/aromatic N) is 2. The Labute approximate surface area is 144 Å². The quantitative estimate of drug-likeness (QED) is 0.669. The van der Waals surface area contributed by atoms with Crippen molar-refractivity contribution >= 4 is 11.4 Å². The van der Waals surface area contributed by atoms with Gasteiger partial charge in [0.1, 0.15) is 6.17 Å². The maximum Gasteiger partial charge on any atom is 0.128 e. The molecular formula is C22H22N2. The van der Waals surface area contributed by atoms with Gasteiger partial charge in [-0.05, 0) is 36.8 Å². The fourth-order valence-electron chi connectivity index (χ4n) is 3.51. The lowest BCUT2D eigenvalue weighted by Gasteiger charge is -2.33. The highest BCUT2D eigenvalue weighted by Gasteiger charge is 2.33. The van der Waals surface area contributed by atoms with Crippen LogP contribution >= 0.6 is 0 Å². The van der Waals surface area contributed by atoms with Gasteiger partial charge in [0.25, 0.3) is 0 Å². The first-order valence-electron chi connectivity index (χ1n) is 8.53. The maximum atomic E-state index is 2.50. The third-order valence-corrected chi connectivity index (χ3v) is 4.72. The fraction of sp³-hybridized carbons (Fsp3) is 0.182. The molecule has 1 saturated heterocycles. The van der Waals surface area contributed by atoms with Gasteiger partial charge in [0.15, 0.2) is 0 Å². The van der Waals surface area contributed by atoms with Crippen LogP contribution in [0.25, 0.3) is 0 Å². The minimum atomic E-state index is 0.232. The van der Waals surface area contributed by atoms with Crippen molar-refractivity contribution in [3.05, 3.63) is 96.1 Å². The summed E-state index contributed by atoms with van der Waals surface area (Å²) in [6.07, 6.45) is 0.232. The minimum absolute atomic E-state index is 0.232. The average molecular weight is 314 g/mol. The molecule has 0 radical (unpaired) electrons. The van der Waals surface area contributed by atoms with Crippen molar-refractivity contribution in [1.82, 2.24) is 0 Å². The molecular weight excluding hydrogens is 292 g/mol. The van der Waals surface area contributed by atoms with Gasteiger partial charge in [-0.3, -0.25) is 0 Å². The largest absolute Gasteiger partial charge is 0.346 e. The van der Waals surface area contributed by atoms with Gasteiger partial charge in [-0.15, -0.1) is 0 Å². The van der Waals surface area contributed by atoms with Crippen molar-refractivity contribution in [2.45, 2.75) is 13.1 Å². The van der Waals surface area contributed by atoms with Gasteiger partial charge in [0, 0.05) is 24.5 Å². The van der Waals surface area contributed by atoms with E-state index < -0.39 is 0 Å². The van der Waals surface area contributed by atoms with Crippen LogP contribution in [0, 0.1) is 6.92 Å². The number of aryl methyl sites for hydroxylation is 1. The molecule has 1 aliphatic rings. The summed E-state index contributed by atoms with van der Waals surface area (Å²) in [5.41, 5.74) is 5.20. The van der Waals surface area contributed by atoms with Gasteiger partial charge in [-0.25, -0.2) is 0 Å². The first-order chi connectivity index (χ1) is 11.8. The standard InChI is InChI=1S/C22H22N2/c1-18-12-14-19(15-13-18)22-23(20-8-4-2-5-9-20)16-17-24(22)21-10-6-3-7-11-21/h2-15,22H,16-17H2,1H3. The first kappa shape index (κ1) is 14.8. The van der Waals surface area contributed by atoms with Crippen LogP contribution in [0.2, 0.25) is 0 Å². The number of benzene rings is 3. The molecule has 4 rings (SSSR count). The van der Waals surface area contributed by atoms with E-state index in [2.05, 4.69) is 102 Å². The second-order valence-electron chi connectivity index (χ2n) is 6.34.